The summed E-state index contributed by atoms with van der Waals surface area (Å²) in [7, 11) is 0. The Bertz CT molecular complexity index is 696. The van der Waals surface area contributed by atoms with Crippen molar-refractivity contribution in [3.05, 3.63) is 68.8 Å². The molecule has 1 heterocycles. The highest BCUT2D eigenvalue weighted by Gasteiger charge is 2.17. The van der Waals surface area contributed by atoms with Gasteiger partial charge in [0.15, 0.2) is 0 Å². The lowest BCUT2D eigenvalue weighted by atomic mass is 10.2. The smallest absolute Gasteiger partial charge is 0.269 e. The molecule has 0 spiro atoms. The minimum atomic E-state index is -0.400. The van der Waals surface area contributed by atoms with Crippen molar-refractivity contribution >= 4 is 22.7 Å². The van der Waals surface area contributed by atoms with Gasteiger partial charge in [0.1, 0.15) is 0 Å². The van der Waals surface area contributed by atoms with E-state index in [2.05, 4.69) is 9.80 Å². The molecule has 0 unspecified atom stereocenters. The molecule has 8 heteroatoms. The molecule has 0 radical (unpaired) electrons. The van der Waals surface area contributed by atoms with Gasteiger partial charge in [0.05, 0.1) is 9.85 Å². The number of non-ortho nitro benzene ring substituents is 2. The predicted molar refractivity (Wildman–Crippen MR) is 95.2 cm³/mol. The first-order valence-corrected chi connectivity index (χ1v) is 8.03. The van der Waals surface area contributed by atoms with Gasteiger partial charge in [-0.05, 0) is 30.7 Å². The van der Waals surface area contributed by atoms with Crippen LogP contribution < -0.4 is 9.80 Å². The van der Waals surface area contributed by atoms with Crippen molar-refractivity contribution in [1.29, 1.82) is 0 Å². The van der Waals surface area contributed by atoms with Crippen molar-refractivity contribution in [1.82, 2.24) is 0 Å². The largest absolute Gasteiger partial charge is 0.370 e. The maximum Gasteiger partial charge on any atom is 0.269 e. The summed E-state index contributed by atoms with van der Waals surface area (Å²) in [5.41, 5.74) is 2.12. The second-order valence-corrected chi connectivity index (χ2v) is 5.87. The summed E-state index contributed by atoms with van der Waals surface area (Å²) in [6, 6.07) is 13.2. The molecule has 1 aliphatic heterocycles. The molecule has 0 saturated carbocycles. The standard InChI is InChI=1S/C17H18N4O4/c22-20(23)16-6-2-14(3-7-16)18-10-1-11-19(13-12-18)15-4-8-17(9-5-15)21(24)25/h2-9H,1,10-13H2. The van der Waals surface area contributed by atoms with Crippen molar-refractivity contribution in [3.8, 4) is 0 Å². The molecule has 0 aromatic heterocycles. The van der Waals surface area contributed by atoms with Gasteiger partial charge < -0.3 is 9.80 Å². The van der Waals surface area contributed by atoms with Crippen molar-refractivity contribution in [3.63, 3.8) is 0 Å². The van der Waals surface area contributed by atoms with Crippen LogP contribution in [0.5, 0.6) is 0 Å². The van der Waals surface area contributed by atoms with Crippen LogP contribution >= 0.6 is 0 Å². The van der Waals surface area contributed by atoms with E-state index in [-0.39, 0.29) is 11.4 Å². The van der Waals surface area contributed by atoms with Crippen LogP contribution in [0.1, 0.15) is 6.42 Å². The fourth-order valence-corrected chi connectivity index (χ4v) is 3.00. The molecule has 0 amide bonds. The summed E-state index contributed by atoms with van der Waals surface area (Å²) in [6.45, 7) is 3.30. The summed E-state index contributed by atoms with van der Waals surface area (Å²) in [4.78, 5) is 25.1. The average molecular weight is 342 g/mol. The van der Waals surface area contributed by atoms with E-state index in [9.17, 15) is 20.2 Å². The van der Waals surface area contributed by atoms with E-state index >= 15 is 0 Å². The van der Waals surface area contributed by atoms with Crippen LogP contribution in [0.25, 0.3) is 0 Å². The number of nitro benzene ring substituents is 2. The van der Waals surface area contributed by atoms with E-state index in [0.717, 1.165) is 44.0 Å². The molecular weight excluding hydrogens is 324 g/mol. The Labute approximate surface area is 144 Å². The zero-order valence-electron chi connectivity index (χ0n) is 13.6. The van der Waals surface area contributed by atoms with Gasteiger partial charge in [-0.25, -0.2) is 0 Å². The first kappa shape index (κ1) is 16.7. The van der Waals surface area contributed by atoms with Crippen molar-refractivity contribution < 1.29 is 9.85 Å². The molecule has 0 bridgehead atoms. The molecule has 3 rings (SSSR count). The van der Waals surface area contributed by atoms with Crippen LogP contribution in [0.2, 0.25) is 0 Å². The number of benzene rings is 2. The first-order valence-electron chi connectivity index (χ1n) is 8.03. The monoisotopic (exact) mass is 342 g/mol. The van der Waals surface area contributed by atoms with Crippen molar-refractivity contribution in [2.24, 2.45) is 0 Å². The van der Waals surface area contributed by atoms with E-state index in [1.165, 1.54) is 24.3 Å². The Morgan fingerprint density at radius 1 is 0.640 bits per heavy atom. The molecule has 25 heavy (non-hydrogen) atoms. The van der Waals surface area contributed by atoms with Crippen LogP contribution in [0.3, 0.4) is 0 Å². The predicted octanol–water partition coefficient (Wildman–Crippen LogP) is 3.22. The molecule has 2 aromatic rings. The molecule has 1 saturated heterocycles. The van der Waals surface area contributed by atoms with Crippen molar-refractivity contribution in [2.45, 2.75) is 6.42 Å². The van der Waals surface area contributed by atoms with Crippen LogP contribution in [0, 0.1) is 20.2 Å². The Hall–Kier alpha value is -3.16. The van der Waals surface area contributed by atoms with Gasteiger partial charge in [0.25, 0.3) is 11.4 Å². The molecule has 130 valence electrons. The number of hydrogen-bond acceptors (Lipinski definition) is 6. The number of nitrogens with zero attached hydrogens (tertiary/aromatic N) is 4. The normalized spacial score (nSPS) is 14.9. The highest BCUT2D eigenvalue weighted by atomic mass is 16.6. The van der Waals surface area contributed by atoms with Gasteiger partial charge in [-0.3, -0.25) is 20.2 Å². The number of nitro groups is 2. The number of anilines is 2. The highest BCUT2D eigenvalue weighted by Crippen LogP contribution is 2.24. The van der Waals surface area contributed by atoms with Crippen molar-refractivity contribution in [2.75, 3.05) is 36.0 Å². The Kier molecular flexibility index (Phi) is 4.78. The maximum absolute atomic E-state index is 10.8. The Morgan fingerprint density at radius 2 is 1.00 bits per heavy atom. The van der Waals surface area contributed by atoms with E-state index in [1.54, 1.807) is 24.3 Å². The third kappa shape index (κ3) is 3.85. The SMILES string of the molecule is O=[N+]([O-])c1ccc(N2CCCN(c3ccc([N+](=O)[O-])cc3)CC2)cc1. The third-order valence-corrected chi connectivity index (χ3v) is 4.35. The summed E-state index contributed by atoms with van der Waals surface area (Å²) in [5, 5.41) is 21.5. The zero-order chi connectivity index (χ0) is 17.8. The summed E-state index contributed by atoms with van der Waals surface area (Å²) in [5.74, 6) is 0. The van der Waals surface area contributed by atoms with Gasteiger partial charge in [-0.2, -0.15) is 0 Å². The topological polar surface area (TPSA) is 92.8 Å². The Morgan fingerprint density at radius 3 is 1.32 bits per heavy atom. The minimum absolute atomic E-state index is 0.0890. The average Bonchev–Trinajstić information content (AvgIpc) is 2.88. The molecule has 8 nitrogen and oxygen atoms in total. The Balaban J connectivity index is 1.67. The summed E-state index contributed by atoms with van der Waals surface area (Å²) < 4.78 is 0. The van der Waals surface area contributed by atoms with Crippen LogP contribution in [-0.4, -0.2) is 36.0 Å². The first-order chi connectivity index (χ1) is 12.0. The van der Waals surface area contributed by atoms with Crippen LogP contribution in [0.15, 0.2) is 48.5 Å². The zero-order valence-corrected chi connectivity index (χ0v) is 13.6. The highest BCUT2D eigenvalue weighted by molar-refractivity contribution is 5.54. The van der Waals surface area contributed by atoms with Gasteiger partial charge in [-0.1, -0.05) is 0 Å². The fourth-order valence-electron chi connectivity index (χ4n) is 3.00. The lowest BCUT2D eigenvalue weighted by molar-refractivity contribution is -0.385. The van der Waals surface area contributed by atoms with Gasteiger partial charge in [0.2, 0.25) is 0 Å². The molecular formula is C17H18N4O4. The second kappa shape index (κ2) is 7.16. The molecule has 1 fully saturated rings. The van der Waals surface area contributed by atoms with Gasteiger partial charge in [0, 0.05) is 61.8 Å². The molecule has 0 atom stereocenters. The number of rotatable bonds is 4. The van der Waals surface area contributed by atoms with Gasteiger partial charge >= 0.3 is 0 Å². The quantitative estimate of drug-likeness (QED) is 0.625. The maximum atomic E-state index is 10.8. The van der Waals surface area contributed by atoms with E-state index in [1.807, 2.05) is 0 Å². The van der Waals surface area contributed by atoms with Crippen LogP contribution in [-0.2, 0) is 0 Å². The third-order valence-electron chi connectivity index (χ3n) is 4.35. The minimum Gasteiger partial charge on any atom is -0.370 e. The number of hydrogen-bond donors (Lipinski definition) is 0. The molecule has 0 N–H and O–H groups in total. The molecule has 2 aromatic carbocycles. The fraction of sp³-hybridized carbons (Fsp3) is 0.294. The van der Waals surface area contributed by atoms with E-state index in [0.29, 0.717) is 0 Å². The summed E-state index contributed by atoms with van der Waals surface area (Å²) >= 11 is 0. The lowest BCUT2D eigenvalue weighted by Crippen LogP contribution is -2.30. The van der Waals surface area contributed by atoms with Gasteiger partial charge in [-0.15, -0.1) is 0 Å². The van der Waals surface area contributed by atoms with E-state index in [4.69, 9.17) is 0 Å². The molecule has 1 aliphatic rings. The summed E-state index contributed by atoms with van der Waals surface area (Å²) in [6.07, 6.45) is 0.938. The van der Waals surface area contributed by atoms with E-state index < -0.39 is 9.85 Å². The molecule has 0 aliphatic carbocycles. The second-order valence-electron chi connectivity index (χ2n) is 5.87. The lowest BCUT2D eigenvalue weighted by Gasteiger charge is -2.24. The van der Waals surface area contributed by atoms with Crippen LogP contribution in [0.4, 0.5) is 22.7 Å².